The lowest BCUT2D eigenvalue weighted by molar-refractivity contribution is 0.0225. The lowest BCUT2D eigenvalue weighted by Gasteiger charge is -2.46. The number of nitrogens with zero attached hydrogens (tertiary/aromatic N) is 2. The third kappa shape index (κ3) is 2.75. The molecular weight excluding hydrogens is 328 g/mol. The van der Waals surface area contributed by atoms with Crippen molar-refractivity contribution in [2.75, 3.05) is 39.3 Å². The summed E-state index contributed by atoms with van der Waals surface area (Å²) >= 11 is 3.57. The molecule has 112 valence electrons. The minimum atomic E-state index is 0.768. The summed E-state index contributed by atoms with van der Waals surface area (Å²) in [4.78, 5) is 8.57. The van der Waals surface area contributed by atoms with E-state index in [-0.39, 0.29) is 0 Å². The SMILES string of the molecule is Brc1ccc2[nH]cc(CN3CC(N4CCNCC4)C3)c2c1. The van der Waals surface area contributed by atoms with Crippen molar-refractivity contribution >= 4 is 26.8 Å². The Hall–Kier alpha value is -0.880. The average Bonchev–Trinajstić information content (AvgIpc) is 2.85. The molecule has 0 spiro atoms. The van der Waals surface area contributed by atoms with Gasteiger partial charge >= 0.3 is 0 Å². The number of halogens is 1. The van der Waals surface area contributed by atoms with Crippen molar-refractivity contribution in [2.45, 2.75) is 12.6 Å². The Bertz CT molecular complexity index is 626. The van der Waals surface area contributed by atoms with Gasteiger partial charge < -0.3 is 10.3 Å². The van der Waals surface area contributed by atoms with Gasteiger partial charge in [0.15, 0.2) is 0 Å². The van der Waals surface area contributed by atoms with Crippen LogP contribution in [0.1, 0.15) is 5.56 Å². The number of benzene rings is 1. The van der Waals surface area contributed by atoms with Gasteiger partial charge in [0, 0.05) is 73.4 Å². The Morgan fingerprint density at radius 2 is 2.00 bits per heavy atom. The first kappa shape index (κ1) is 13.8. The van der Waals surface area contributed by atoms with E-state index in [1.165, 1.54) is 42.6 Å². The third-order valence-electron chi connectivity index (χ3n) is 4.73. The largest absolute Gasteiger partial charge is 0.361 e. The van der Waals surface area contributed by atoms with E-state index in [0.29, 0.717) is 0 Å². The standard InChI is InChI=1S/C16H21BrN4/c17-13-1-2-16-15(7-13)12(8-19-16)9-20-10-14(11-20)21-5-3-18-4-6-21/h1-2,7-8,14,18-19H,3-6,9-11H2. The molecule has 0 unspecified atom stereocenters. The summed E-state index contributed by atoms with van der Waals surface area (Å²) in [5.41, 5.74) is 2.64. The van der Waals surface area contributed by atoms with Gasteiger partial charge in [-0.05, 0) is 23.8 Å². The van der Waals surface area contributed by atoms with Crippen LogP contribution in [0.2, 0.25) is 0 Å². The molecule has 0 saturated carbocycles. The van der Waals surface area contributed by atoms with Gasteiger partial charge in [-0.15, -0.1) is 0 Å². The van der Waals surface area contributed by atoms with Crippen LogP contribution in [0.15, 0.2) is 28.9 Å². The molecule has 5 heteroatoms. The summed E-state index contributed by atoms with van der Waals surface area (Å²) in [7, 11) is 0. The molecule has 0 aliphatic carbocycles. The fourth-order valence-corrected chi connectivity index (χ4v) is 3.83. The zero-order valence-electron chi connectivity index (χ0n) is 12.1. The molecule has 3 heterocycles. The van der Waals surface area contributed by atoms with Gasteiger partial charge in [-0.3, -0.25) is 9.80 Å². The molecule has 0 amide bonds. The second kappa shape index (κ2) is 5.72. The Morgan fingerprint density at radius 3 is 2.81 bits per heavy atom. The summed E-state index contributed by atoms with van der Waals surface area (Å²) < 4.78 is 1.15. The third-order valence-corrected chi connectivity index (χ3v) is 5.22. The maximum absolute atomic E-state index is 3.57. The highest BCUT2D eigenvalue weighted by molar-refractivity contribution is 9.10. The second-order valence-electron chi connectivity index (χ2n) is 6.14. The smallest absolute Gasteiger partial charge is 0.0458 e. The molecule has 2 N–H and O–H groups in total. The van der Waals surface area contributed by atoms with Crippen molar-refractivity contribution in [1.82, 2.24) is 20.1 Å². The van der Waals surface area contributed by atoms with E-state index in [2.05, 4.69) is 60.4 Å². The van der Waals surface area contributed by atoms with E-state index in [9.17, 15) is 0 Å². The quantitative estimate of drug-likeness (QED) is 0.890. The van der Waals surface area contributed by atoms with Crippen LogP contribution in [0.25, 0.3) is 10.9 Å². The molecule has 2 aliphatic rings. The molecule has 0 bridgehead atoms. The molecule has 2 aliphatic heterocycles. The number of fused-ring (bicyclic) bond motifs is 1. The maximum atomic E-state index is 3.57. The Labute approximate surface area is 133 Å². The summed E-state index contributed by atoms with van der Waals surface area (Å²) in [6.07, 6.45) is 2.16. The second-order valence-corrected chi connectivity index (χ2v) is 7.05. The first-order chi connectivity index (χ1) is 10.3. The summed E-state index contributed by atoms with van der Waals surface area (Å²) in [5, 5.41) is 4.77. The molecule has 2 saturated heterocycles. The highest BCUT2D eigenvalue weighted by atomic mass is 79.9. The van der Waals surface area contributed by atoms with E-state index in [0.717, 1.165) is 30.1 Å². The highest BCUT2D eigenvalue weighted by Crippen LogP contribution is 2.26. The van der Waals surface area contributed by atoms with Gasteiger partial charge in [-0.2, -0.15) is 0 Å². The minimum absolute atomic E-state index is 0.768. The zero-order chi connectivity index (χ0) is 14.2. The molecule has 1 aromatic heterocycles. The van der Waals surface area contributed by atoms with Crippen LogP contribution in [-0.4, -0.2) is 60.1 Å². The summed E-state index contributed by atoms with van der Waals surface area (Å²) in [5.74, 6) is 0. The fourth-order valence-electron chi connectivity index (χ4n) is 3.47. The number of likely N-dealkylation sites (tertiary alicyclic amines) is 1. The monoisotopic (exact) mass is 348 g/mol. The van der Waals surface area contributed by atoms with E-state index in [4.69, 9.17) is 0 Å². The number of aromatic nitrogens is 1. The summed E-state index contributed by atoms with van der Waals surface area (Å²) in [6, 6.07) is 7.22. The topological polar surface area (TPSA) is 34.3 Å². The number of rotatable bonds is 3. The van der Waals surface area contributed by atoms with E-state index in [1.54, 1.807) is 0 Å². The molecular formula is C16H21BrN4. The average molecular weight is 349 g/mol. The Kier molecular flexibility index (Phi) is 3.75. The molecule has 4 rings (SSSR count). The number of aromatic amines is 1. The van der Waals surface area contributed by atoms with Crippen LogP contribution in [0.3, 0.4) is 0 Å². The normalized spacial score (nSPS) is 21.8. The molecule has 4 nitrogen and oxygen atoms in total. The number of nitrogens with one attached hydrogen (secondary N) is 2. The van der Waals surface area contributed by atoms with Crippen molar-refractivity contribution in [3.8, 4) is 0 Å². The fraction of sp³-hybridized carbons (Fsp3) is 0.500. The molecule has 21 heavy (non-hydrogen) atoms. The number of piperazine rings is 1. The van der Waals surface area contributed by atoms with Crippen molar-refractivity contribution in [2.24, 2.45) is 0 Å². The van der Waals surface area contributed by atoms with Crippen LogP contribution in [0.4, 0.5) is 0 Å². The lowest BCUT2D eigenvalue weighted by Crippen LogP contribution is -2.62. The first-order valence-electron chi connectivity index (χ1n) is 7.72. The zero-order valence-corrected chi connectivity index (χ0v) is 13.7. The number of hydrogen-bond acceptors (Lipinski definition) is 3. The van der Waals surface area contributed by atoms with Gasteiger partial charge in [0.2, 0.25) is 0 Å². The van der Waals surface area contributed by atoms with Gasteiger partial charge in [-0.25, -0.2) is 0 Å². The van der Waals surface area contributed by atoms with Crippen LogP contribution < -0.4 is 5.32 Å². The van der Waals surface area contributed by atoms with Crippen molar-refractivity contribution in [1.29, 1.82) is 0 Å². The van der Waals surface area contributed by atoms with Crippen molar-refractivity contribution < 1.29 is 0 Å². The number of H-pyrrole nitrogens is 1. The Balaban J connectivity index is 1.39. The lowest BCUT2D eigenvalue weighted by atomic mass is 10.0. The predicted octanol–water partition coefficient (Wildman–Crippen LogP) is 2.02. The molecule has 0 radical (unpaired) electrons. The van der Waals surface area contributed by atoms with E-state index < -0.39 is 0 Å². The maximum Gasteiger partial charge on any atom is 0.0458 e. The van der Waals surface area contributed by atoms with E-state index >= 15 is 0 Å². The molecule has 2 fully saturated rings. The van der Waals surface area contributed by atoms with Crippen molar-refractivity contribution in [3.63, 3.8) is 0 Å². The Morgan fingerprint density at radius 1 is 1.19 bits per heavy atom. The molecule has 0 atom stereocenters. The summed E-state index contributed by atoms with van der Waals surface area (Å²) in [6.45, 7) is 8.18. The minimum Gasteiger partial charge on any atom is -0.361 e. The molecule has 2 aromatic rings. The van der Waals surface area contributed by atoms with Gasteiger partial charge in [0.05, 0.1) is 0 Å². The van der Waals surface area contributed by atoms with Crippen LogP contribution in [0, 0.1) is 0 Å². The van der Waals surface area contributed by atoms with Gasteiger partial charge in [0.1, 0.15) is 0 Å². The van der Waals surface area contributed by atoms with Crippen LogP contribution >= 0.6 is 15.9 Å². The number of hydrogen-bond donors (Lipinski definition) is 2. The van der Waals surface area contributed by atoms with Crippen molar-refractivity contribution in [3.05, 3.63) is 34.4 Å². The first-order valence-corrected chi connectivity index (χ1v) is 8.51. The predicted molar refractivity (Wildman–Crippen MR) is 89.5 cm³/mol. The van der Waals surface area contributed by atoms with Crippen LogP contribution in [-0.2, 0) is 6.54 Å². The van der Waals surface area contributed by atoms with E-state index in [1.807, 2.05) is 0 Å². The van der Waals surface area contributed by atoms with Gasteiger partial charge in [0.25, 0.3) is 0 Å². The molecule has 1 aromatic carbocycles. The van der Waals surface area contributed by atoms with Crippen LogP contribution in [0.5, 0.6) is 0 Å². The van der Waals surface area contributed by atoms with Gasteiger partial charge in [-0.1, -0.05) is 15.9 Å². The highest BCUT2D eigenvalue weighted by Gasteiger charge is 2.32.